The van der Waals surface area contributed by atoms with Crippen molar-refractivity contribution in [2.45, 2.75) is 41.0 Å². The molecule has 1 amide bonds. The van der Waals surface area contributed by atoms with Crippen LogP contribution in [0.4, 0.5) is 5.69 Å². The van der Waals surface area contributed by atoms with Crippen molar-refractivity contribution < 1.29 is 4.79 Å². The van der Waals surface area contributed by atoms with E-state index in [1.807, 2.05) is 25.1 Å². The van der Waals surface area contributed by atoms with Crippen molar-refractivity contribution in [3.8, 4) is 0 Å². The minimum absolute atomic E-state index is 0.0145. The van der Waals surface area contributed by atoms with Crippen LogP contribution in [-0.4, -0.2) is 12.5 Å². The topological polar surface area (TPSA) is 55.1 Å². The molecule has 0 aromatic heterocycles. The van der Waals surface area contributed by atoms with E-state index < -0.39 is 0 Å². The van der Waals surface area contributed by atoms with Crippen LogP contribution in [0.15, 0.2) is 18.2 Å². The molecule has 3 nitrogen and oxygen atoms in total. The van der Waals surface area contributed by atoms with E-state index in [4.69, 9.17) is 5.73 Å². The van der Waals surface area contributed by atoms with Crippen molar-refractivity contribution >= 4 is 11.6 Å². The highest BCUT2D eigenvalue weighted by Gasteiger charge is 2.23. The van der Waals surface area contributed by atoms with Gasteiger partial charge in [0.15, 0.2) is 0 Å². The van der Waals surface area contributed by atoms with Crippen molar-refractivity contribution in [2.24, 2.45) is 17.1 Å². The van der Waals surface area contributed by atoms with Crippen LogP contribution in [0.5, 0.6) is 0 Å². The summed E-state index contributed by atoms with van der Waals surface area (Å²) in [5.41, 5.74) is 9.08. The van der Waals surface area contributed by atoms with Crippen LogP contribution in [0.3, 0.4) is 0 Å². The molecule has 0 radical (unpaired) electrons. The number of hydrogen-bond donors (Lipinski definition) is 2. The van der Waals surface area contributed by atoms with Crippen LogP contribution in [0.2, 0.25) is 0 Å². The zero-order valence-corrected chi connectivity index (χ0v) is 12.7. The Morgan fingerprint density at radius 3 is 2.37 bits per heavy atom. The third-order valence-corrected chi connectivity index (χ3v) is 3.29. The Kier molecular flexibility index (Phi) is 5.12. The fourth-order valence-electron chi connectivity index (χ4n) is 2.09. The predicted octanol–water partition coefficient (Wildman–Crippen LogP) is 3.25. The molecule has 1 aromatic rings. The smallest absolute Gasteiger partial charge is 0.228 e. The molecule has 3 heteroatoms. The Hall–Kier alpha value is -1.35. The van der Waals surface area contributed by atoms with Crippen molar-refractivity contribution in [1.82, 2.24) is 0 Å². The summed E-state index contributed by atoms with van der Waals surface area (Å²) in [4.78, 5) is 12.2. The van der Waals surface area contributed by atoms with Gasteiger partial charge >= 0.3 is 0 Å². The van der Waals surface area contributed by atoms with Crippen LogP contribution in [0.25, 0.3) is 0 Å². The van der Waals surface area contributed by atoms with Gasteiger partial charge in [0.2, 0.25) is 5.91 Å². The Morgan fingerprint density at radius 2 is 1.89 bits per heavy atom. The molecule has 1 atom stereocenters. The second-order valence-corrected chi connectivity index (χ2v) is 6.49. The molecule has 19 heavy (non-hydrogen) atoms. The van der Waals surface area contributed by atoms with E-state index in [9.17, 15) is 4.79 Å². The number of carbonyl (C=O) groups is 1. The lowest BCUT2D eigenvalue weighted by Crippen LogP contribution is -2.32. The van der Waals surface area contributed by atoms with Crippen LogP contribution in [-0.2, 0) is 4.79 Å². The van der Waals surface area contributed by atoms with Gasteiger partial charge in [-0.2, -0.15) is 0 Å². The third-order valence-electron chi connectivity index (χ3n) is 3.29. The molecule has 0 saturated carbocycles. The highest BCUT2D eigenvalue weighted by atomic mass is 16.1. The van der Waals surface area contributed by atoms with Crippen LogP contribution in [0.1, 0.15) is 38.3 Å². The molecule has 0 bridgehead atoms. The summed E-state index contributed by atoms with van der Waals surface area (Å²) >= 11 is 0. The molecular weight excluding hydrogens is 236 g/mol. The lowest BCUT2D eigenvalue weighted by atomic mass is 9.84. The maximum Gasteiger partial charge on any atom is 0.228 e. The first-order valence-electron chi connectivity index (χ1n) is 6.81. The zero-order valence-electron chi connectivity index (χ0n) is 12.7. The summed E-state index contributed by atoms with van der Waals surface area (Å²) in [6.07, 6.45) is 0.792. The zero-order chi connectivity index (χ0) is 14.6. The molecule has 0 spiro atoms. The summed E-state index contributed by atoms with van der Waals surface area (Å²) < 4.78 is 0. The molecule has 0 fully saturated rings. The maximum atomic E-state index is 12.2. The van der Waals surface area contributed by atoms with Crippen molar-refractivity contribution in [2.75, 3.05) is 11.9 Å². The van der Waals surface area contributed by atoms with Gasteiger partial charge in [-0.05, 0) is 48.9 Å². The van der Waals surface area contributed by atoms with Gasteiger partial charge in [-0.1, -0.05) is 26.8 Å². The minimum Gasteiger partial charge on any atom is -0.330 e. The van der Waals surface area contributed by atoms with Gasteiger partial charge in [-0.3, -0.25) is 4.79 Å². The SMILES string of the molecule is Cc1ccc(NC(=O)C(CN)CC(C)(C)C)cc1C. The number of aryl methyl sites for hydroxylation is 2. The number of nitrogens with one attached hydrogen (secondary N) is 1. The van der Waals surface area contributed by atoms with E-state index in [1.165, 1.54) is 11.1 Å². The van der Waals surface area contributed by atoms with Crippen molar-refractivity contribution in [1.29, 1.82) is 0 Å². The number of hydrogen-bond acceptors (Lipinski definition) is 2. The van der Waals surface area contributed by atoms with Gasteiger partial charge in [-0.15, -0.1) is 0 Å². The van der Waals surface area contributed by atoms with Gasteiger partial charge in [0, 0.05) is 12.2 Å². The molecular formula is C16H26N2O. The van der Waals surface area contributed by atoms with Crippen LogP contribution >= 0.6 is 0 Å². The average molecular weight is 262 g/mol. The van der Waals surface area contributed by atoms with Crippen LogP contribution in [0, 0.1) is 25.2 Å². The monoisotopic (exact) mass is 262 g/mol. The standard InChI is InChI=1S/C16H26N2O/c1-11-6-7-14(8-12(11)2)18-15(19)13(10-17)9-16(3,4)5/h6-8,13H,9-10,17H2,1-5H3,(H,18,19). The summed E-state index contributed by atoms with van der Waals surface area (Å²) in [6, 6.07) is 5.95. The highest BCUT2D eigenvalue weighted by Crippen LogP contribution is 2.25. The first-order chi connectivity index (χ1) is 8.73. The largest absolute Gasteiger partial charge is 0.330 e. The number of carbonyl (C=O) groups excluding carboxylic acids is 1. The quantitative estimate of drug-likeness (QED) is 0.875. The van der Waals surface area contributed by atoms with Gasteiger partial charge in [0.05, 0.1) is 5.92 Å². The second-order valence-electron chi connectivity index (χ2n) is 6.49. The number of nitrogens with two attached hydrogens (primary N) is 1. The van der Waals surface area contributed by atoms with Crippen LogP contribution < -0.4 is 11.1 Å². The van der Waals surface area contributed by atoms with E-state index >= 15 is 0 Å². The first-order valence-corrected chi connectivity index (χ1v) is 6.81. The molecule has 0 heterocycles. The normalized spacial score (nSPS) is 13.2. The van der Waals surface area contributed by atoms with Crippen molar-refractivity contribution in [3.05, 3.63) is 29.3 Å². The molecule has 0 aliphatic carbocycles. The number of rotatable bonds is 4. The molecule has 0 aliphatic heterocycles. The lowest BCUT2D eigenvalue weighted by Gasteiger charge is -2.24. The summed E-state index contributed by atoms with van der Waals surface area (Å²) in [6.45, 7) is 10.9. The molecule has 1 aromatic carbocycles. The van der Waals surface area contributed by atoms with E-state index in [2.05, 4.69) is 33.0 Å². The highest BCUT2D eigenvalue weighted by molar-refractivity contribution is 5.92. The molecule has 106 valence electrons. The molecule has 0 aliphatic rings. The van der Waals surface area contributed by atoms with E-state index in [0.717, 1.165) is 12.1 Å². The van der Waals surface area contributed by atoms with Gasteiger partial charge in [0.25, 0.3) is 0 Å². The predicted molar refractivity (Wildman–Crippen MR) is 81.2 cm³/mol. The average Bonchev–Trinajstić information content (AvgIpc) is 2.29. The fourth-order valence-corrected chi connectivity index (χ4v) is 2.09. The molecule has 3 N–H and O–H groups in total. The Morgan fingerprint density at radius 1 is 1.26 bits per heavy atom. The van der Waals surface area contributed by atoms with E-state index in [0.29, 0.717) is 6.54 Å². The minimum atomic E-state index is -0.137. The van der Waals surface area contributed by atoms with E-state index in [-0.39, 0.29) is 17.2 Å². The Balaban J connectivity index is 2.74. The summed E-state index contributed by atoms with van der Waals surface area (Å²) in [5.74, 6) is -0.123. The molecule has 0 saturated heterocycles. The van der Waals surface area contributed by atoms with Crippen molar-refractivity contribution in [3.63, 3.8) is 0 Å². The number of benzene rings is 1. The fraction of sp³-hybridized carbons (Fsp3) is 0.562. The molecule has 1 rings (SSSR count). The number of amides is 1. The Labute approximate surface area is 116 Å². The van der Waals surface area contributed by atoms with E-state index in [1.54, 1.807) is 0 Å². The third kappa shape index (κ3) is 5.03. The van der Waals surface area contributed by atoms with Gasteiger partial charge < -0.3 is 11.1 Å². The number of anilines is 1. The second kappa shape index (κ2) is 6.20. The van der Waals surface area contributed by atoms with Gasteiger partial charge in [-0.25, -0.2) is 0 Å². The molecule has 1 unspecified atom stereocenters. The summed E-state index contributed by atoms with van der Waals surface area (Å²) in [5, 5.41) is 2.96. The van der Waals surface area contributed by atoms with Gasteiger partial charge in [0.1, 0.15) is 0 Å². The first kappa shape index (κ1) is 15.7. The lowest BCUT2D eigenvalue weighted by molar-refractivity contribution is -0.120. The maximum absolute atomic E-state index is 12.2. The summed E-state index contributed by atoms with van der Waals surface area (Å²) in [7, 11) is 0. The Bertz CT molecular complexity index is 447.